The molecule has 0 saturated carbocycles. The second kappa shape index (κ2) is 6.71. The molecule has 2 rings (SSSR count). The molecule has 112 valence electrons. The van der Waals surface area contributed by atoms with Crippen LogP contribution in [0.1, 0.15) is 37.0 Å². The molecule has 0 fully saturated rings. The number of aromatic nitrogens is 1. The van der Waals surface area contributed by atoms with E-state index in [2.05, 4.69) is 33.0 Å². The lowest BCUT2D eigenvalue weighted by molar-refractivity contribution is -0.148. The summed E-state index contributed by atoms with van der Waals surface area (Å²) in [4.78, 5) is 16.6. The van der Waals surface area contributed by atoms with Crippen LogP contribution in [-0.2, 0) is 21.4 Å². The Morgan fingerprint density at radius 3 is 2.86 bits per heavy atom. The molecule has 3 nitrogen and oxygen atoms in total. The Balaban J connectivity index is 2.16. The van der Waals surface area contributed by atoms with Gasteiger partial charge in [0.15, 0.2) is 0 Å². The normalized spacial score (nSPS) is 11.4. The van der Waals surface area contributed by atoms with E-state index in [4.69, 9.17) is 4.74 Å². The molecular formula is C16H18BrNO2S. The van der Waals surface area contributed by atoms with Crippen LogP contribution in [0.4, 0.5) is 0 Å². The van der Waals surface area contributed by atoms with Crippen molar-refractivity contribution >= 4 is 33.2 Å². The number of carbonyl (C=O) groups is 1. The Hall–Kier alpha value is -1.20. The summed E-state index contributed by atoms with van der Waals surface area (Å²) in [7, 11) is 0. The summed E-state index contributed by atoms with van der Waals surface area (Å²) in [6.45, 7) is 5.90. The molecule has 2 aromatic rings. The SMILES string of the molecule is CCOC(=O)C(C)(C)c1csc(Cc2cccc(Br)c2)n1. The van der Waals surface area contributed by atoms with Gasteiger partial charge in [-0.05, 0) is 38.5 Å². The summed E-state index contributed by atoms with van der Waals surface area (Å²) in [6.07, 6.45) is 0.767. The predicted molar refractivity (Wildman–Crippen MR) is 88.7 cm³/mol. The summed E-state index contributed by atoms with van der Waals surface area (Å²) in [5.74, 6) is -0.232. The summed E-state index contributed by atoms with van der Waals surface area (Å²) in [5.41, 5.74) is 1.26. The number of thiazole rings is 1. The van der Waals surface area contributed by atoms with Crippen LogP contribution in [0, 0.1) is 0 Å². The van der Waals surface area contributed by atoms with Crippen LogP contribution in [-0.4, -0.2) is 17.6 Å². The van der Waals surface area contributed by atoms with Gasteiger partial charge in [-0.2, -0.15) is 0 Å². The third-order valence-corrected chi connectivity index (χ3v) is 4.56. The molecule has 0 aliphatic heterocycles. The molecule has 0 aliphatic rings. The van der Waals surface area contributed by atoms with Crippen molar-refractivity contribution in [2.45, 2.75) is 32.6 Å². The summed E-state index contributed by atoms with van der Waals surface area (Å²) >= 11 is 5.05. The molecule has 0 radical (unpaired) electrons. The van der Waals surface area contributed by atoms with Gasteiger partial charge in [-0.25, -0.2) is 4.98 Å². The Bertz CT molecular complexity index is 637. The number of esters is 1. The maximum atomic E-state index is 12.0. The fourth-order valence-corrected chi connectivity index (χ4v) is 3.36. The van der Waals surface area contributed by atoms with E-state index in [-0.39, 0.29) is 5.97 Å². The summed E-state index contributed by atoms with van der Waals surface area (Å²) in [6, 6.07) is 8.16. The van der Waals surface area contributed by atoms with E-state index in [0.717, 1.165) is 21.6 Å². The molecule has 1 heterocycles. The fourth-order valence-electron chi connectivity index (χ4n) is 1.92. The predicted octanol–water partition coefficient (Wildman–Crippen LogP) is 4.34. The number of benzene rings is 1. The van der Waals surface area contributed by atoms with Crippen molar-refractivity contribution in [1.82, 2.24) is 4.98 Å². The number of carbonyl (C=O) groups excluding carboxylic acids is 1. The first-order valence-electron chi connectivity index (χ1n) is 6.80. The van der Waals surface area contributed by atoms with Crippen molar-refractivity contribution in [1.29, 1.82) is 0 Å². The lowest BCUT2D eigenvalue weighted by Crippen LogP contribution is -2.31. The molecule has 21 heavy (non-hydrogen) atoms. The van der Waals surface area contributed by atoms with E-state index in [9.17, 15) is 4.79 Å². The zero-order valence-electron chi connectivity index (χ0n) is 12.4. The van der Waals surface area contributed by atoms with E-state index in [1.807, 2.05) is 38.3 Å². The van der Waals surface area contributed by atoms with Gasteiger partial charge in [-0.3, -0.25) is 4.79 Å². The van der Waals surface area contributed by atoms with Crippen LogP contribution in [0.3, 0.4) is 0 Å². The molecule has 1 aromatic carbocycles. The van der Waals surface area contributed by atoms with Gasteiger partial charge in [0.05, 0.1) is 17.3 Å². The Labute approximate surface area is 137 Å². The zero-order chi connectivity index (χ0) is 15.5. The third-order valence-electron chi connectivity index (χ3n) is 3.22. The number of nitrogens with zero attached hydrogens (tertiary/aromatic N) is 1. The van der Waals surface area contributed by atoms with Gasteiger partial charge < -0.3 is 4.74 Å². The highest BCUT2D eigenvalue weighted by Crippen LogP contribution is 2.27. The van der Waals surface area contributed by atoms with Gasteiger partial charge in [0.2, 0.25) is 0 Å². The van der Waals surface area contributed by atoms with Crippen LogP contribution in [0.2, 0.25) is 0 Å². The quantitative estimate of drug-likeness (QED) is 0.737. The smallest absolute Gasteiger partial charge is 0.317 e. The second-order valence-electron chi connectivity index (χ2n) is 5.28. The van der Waals surface area contributed by atoms with Crippen LogP contribution in [0.25, 0.3) is 0 Å². The van der Waals surface area contributed by atoms with Gasteiger partial charge in [0, 0.05) is 16.3 Å². The van der Waals surface area contributed by atoms with Gasteiger partial charge in [0.25, 0.3) is 0 Å². The van der Waals surface area contributed by atoms with Gasteiger partial charge in [-0.15, -0.1) is 11.3 Å². The largest absolute Gasteiger partial charge is 0.465 e. The molecule has 0 aliphatic carbocycles. The van der Waals surface area contributed by atoms with Crippen LogP contribution in [0.5, 0.6) is 0 Å². The van der Waals surface area contributed by atoms with E-state index in [1.165, 1.54) is 5.56 Å². The van der Waals surface area contributed by atoms with E-state index in [0.29, 0.717) is 6.61 Å². The monoisotopic (exact) mass is 367 g/mol. The molecule has 0 unspecified atom stereocenters. The van der Waals surface area contributed by atoms with E-state index in [1.54, 1.807) is 11.3 Å². The lowest BCUT2D eigenvalue weighted by atomic mass is 9.90. The van der Waals surface area contributed by atoms with Crippen LogP contribution >= 0.6 is 27.3 Å². The summed E-state index contributed by atoms with van der Waals surface area (Å²) in [5, 5.41) is 2.95. The molecule has 0 N–H and O–H groups in total. The minimum absolute atomic E-state index is 0.232. The van der Waals surface area contributed by atoms with Crippen molar-refractivity contribution in [3.05, 3.63) is 50.4 Å². The lowest BCUT2D eigenvalue weighted by Gasteiger charge is -2.19. The molecule has 0 saturated heterocycles. The first-order valence-corrected chi connectivity index (χ1v) is 8.47. The van der Waals surface area contributed by atoms with Crippen LogP contribution < -0.4 is 0 Å². The minimum Gasteiger partial charge on any atom is -0.465 e. The van der Waals surface area contributed by atoms with Crippen molar-refractivity contribution in [3.63, 3.8) is 0 Å². The molecule has 0 bridgehead atoms. The molecule has 0 atom stereocenters. The molecule has 5 heteroatoms. The Morgan fingerprint density at radius 2 is 2.19 bits per heavy atom. The third kappa shape index (κ3) is 3.92. The van der Waals surface area contributed by atoms with Crippen molar-refractivity contribution in [3.8, 4) is 0 Å². The average Bonchev–Trinajstić information content (AvgIpc) is 2.88. The first kappa shape index (κ1) is 16.2. The van der Waals surface area contributed by atoms with Crippen LogP contribution in [0.15, 0.2) is 34.1 Å². The number of rotatable bonds is 5. The minimum atomic E-state index is -0.706. The number of ether oxygens (including phenoxy) is 1. The maximum Gasteiger partial charge on any atom is 0.317 e. The van der Waals surface area contributed by atoms with E-state index < -0.39 is 5.41 Å². The molecular weight excluding hydrogens is 350 g/mol. The highest BCUT2D eigenvalue weighted by Gasteiger charge is 2.33. The molecule has 0 amide bonds. The maximum absolute atomic E-state index is 12.0. The molecule has 0 spiro atoms. The highest BCUT2D eigenvalue weighted by atomic mass is 79.9. The molecule has 1 aromatic heterocycles. The number of halogens is 1. The van der Waals surface area contributed by atoms with Crippen molar-refractivity contribution < 1.29 is 9.53 Å². The number of hydrogen-bond donors (Lipinski definition) is 0. The Morgan fingerprint density at radius 1 is 1.43 bits per heavy atom. The van der Waals surface area contributed by atoms with Gasteiger partial charge >= 0.3 is 5.97 Å². The summed E-state index contributed by atoms with van der Waals surface area (Å²) < 4.78 is 6.18. The topological polar surface area (TPSA) is 39.2 Å². The highest BCUT2D eigenvalue weighted by molar-refractivity contribution is 9.10. The fraction of sp³-hybridized carbons (Fsp3) is 0.375. The van der Waals surface area contributed by atoms with Gasteiger partial charge in [0.1, 0.15) is 5.41 Å². The second-order valence-corrected chi connectivity index (χ2v) is 7.14. The average molecular weight is 368 g/mol. The van der Waals surface area contributed by atoms with E-state index >= 15 is 0 Å². The van der Waals surface area contributed by atoms with Crippen molar-refractivity contribution in [2.24, 2.45) is 0 Å². The van der Waals surface area contributed by atoms with Crippen molar-refractivity contribution in [2.75, 3.05) is 6.61 Å². The first-order chi connectivity index (χ1) is 9.93. The Kier molecular flexibility index (Phi) is 5.17. The standard InChI is InChI=1S/C16H18BrNO2S/c1-4-20-15(19)16(2,3)13-10-21-14(18-13)9-11-6-5-7-12(17)8-11/h5-8,10H,4,9H2,1-3H3. The van der Waals surface area contributed by atoms with Gasteiger partial charge in [-0.1, -0.05) is 28.1 Å². The zero-order valence-corrected chi connectivity index (χ0v) is 14.8. The number of hydrogen-bond acceptors (Lipinski definition) is 4.